The molecule has 1 saturated heterocycles. The van der Waals surface area contributed by atoms with Gasteiger partial charge in [-0.05, 0) is 66.3 Å². The molecule has 5 nitrogen and oxygen atoms in total. The number of nitrogens with one attached hydrogen (secondary N) is 1. The second-order valence-corrected chi connectivity index (χ2v) is 8.50. The fourth-order valence-corrected chi connectivity index (χ4v) is 4.12. The van der Waals surface area contributed by atoms with Gasteiger partial charge in [0.1, 0.15) is 5.57 Å². The number of hydrogen-bond donors (Lipinski definition) is 1. The van der Waals surface area contributed by atoms with Gasteiger partial charge in [0, 0.05) is 4.47 Å². The lowest BCUT2D eigenvalue weighted by atomic mass is 9.97. The SMILES string of the molecule is Cc1cccc(N2C(=O)NC(=O)/C(=C\c3ccccc3Cc3ccccc3Br)C2=O)c1C. The molecule has 1 fully saturated rings. The predicted octanol–water partition coefficient (Wildman–Crippen LogP) is 5.32. The summed E-state index contributed by atoms with van der Waals surface area (Å²) in [6.07, 6.45) is 2.19. The van der Waals surface area contributed by atoms with Crippen molar-refractivity contribution in [2.75, 3.05) is 4.90 Å². The summed E-state index contributed by atoms with van der Waals surface area (Å²) in [5, 5.41) is 2.31. The zero-order valence-electron chi connectivity index (χ0n) is 17.7. The van der Waals surface area contributed by atoms with E-state index in [9.17, 15) is 14.4 Å². The van der Waals surface area contributed by atoms with E-state index in [1.807, 2.05) is 68.4 Å². The lowest BCUT2D eigenvalue weighted by molar-refractivity contribution is -0.122. The number of imide groups is 2. The number of benzene rings is 3. The Bertz CT molecular complexity index is 1280. The van der Waals surface area contributed by atoms with Crippen LogP contribution >= 0.6 is 15.9 Å². The highest BCUT2D eigenvalue weighted by Gasteiger charge is 2.37. The van der Waals surface area contributed by atoms with E-state index >= 15 is 0 Å². The smallest absolute Gasteiger partial charge is 0.273 e. The van der Waals surface area contributed by atoms with Crippen molar-refractivity contribution in [1.29, 1.82) is 0 Å². The molecule has 6 heteroatoms. The first kappa shape index (κ1) is 21.7. The Labute approximate surface area is 194 Å². The van der Waals surface area contributed by atoms with E-state index in [-0.39, 0.29) is 5.57 Å². The van der Waals surface area contributed by atoms with Gasteiger partial charge >= 0.3 is 6.03 Å². The maximum atomic E-state index is 13.3. The monoisotopic (exact) mass is 488 g/mol. The zero-order chi connectivity index (χ0) is 22.8. The van der Waals surface area contributed by atoms with Crippen molar-refractivity contribution in [3.8, 4) is 0 Å². The third-order valence-corrected chi connectivity index (χ3v) is 6.39. The van der Waals surface area contributed by atoms with Gasteiger partial charge in [0.05, 0.1) is 5.69 Å². The van der Waals surface area contributed by atoms with Crippen molar-refractivity contribution >= 4 is 45.5 Å². The molecule has 4 rings (SSSR count). The summed E-state index contributed by atoms with van der Waals surface area (Å²) in [5.74, 6) is -1.33. The first-order valence-corrected chi connectivity index (χ1v) is 10.9. The number of barbiturate groups is 1. The molecule has 0 unspecified atom stereocenters. The quantitative estimate of drug-likeness (QED) is 0.399. The molecule has 160 valence electrons. The highest BCUT2D eigenvalue weighted by Crippen LogP contribution is 2.28. The van der Waals surface area contributed by atoms with Crippen LogP contribution in [0.3, 0.4) is 0 Å². The Morgan fingerprint density at radius 3 is 2.31 bits per heavy atom. The molecule has 1 aliphatic rings. The van der Waals surface area contributed by atoms with E-state index in [2.05, 4.69) is 21.2 Å². The van der Waals surface area contributed by atoms with Crippen molar-refractivity contribution in [1.82, 2.24) is 5.32 Å². The van der Waals surface area contributed by atoms with Crippen molar-refractivity contribution in [2.45, 2.75) is 20.3 Å². The van der Waals surface area contributed by atoms with E-state index in [1.54, 1.807) is 18.2 Å². The number of halogens is 1. The first-order valence-electron chi connectivity index (χ1n) is 10.2. The van der Waals surface area contributed by atoms with Gasteiger partial charge in [-0.1, -0.05) is 70.5 Å². The molecule has 3 aromatic carbocycles. The number of carbonyl (C=O) groups excluding carboxylic acids is 3. The lowest BCUT2D eigenvalue weighted by Gasteiger charge is -2.28. The van der Waals surface area contributed by atoms with Crippen LogP contribution in [0.1, 0.15) is 27.8 Å². The largest absolute Gasteiger partial charge is 0.335 e. The molecule has 0 atom stereocenters. The Morgan fingerprint density at radius 1 is 0.875 bits per heavy atom. The molecule has 0 aromatic heterocycles. The summed E-state index contributed by atoms with van der Waals surface area (Å²) in [7, 11) is 0. The Kier molecular flexibility index (Phi) is 6.06. The van der Waals surface area contributed by atoms with Gasteiger partial charge in [-0.15, -0.1) is 0 Å². The predicted molar refractivity (Wildman–Crippen MR) is 128 cm³/mol. The second kappa shape index (κ2) is 8.93. The number of hydrogen-bond acceptors (Lipinski definition) is 3. The van der Waals surface area contributed by atoms with E-state index in [0.29, 0.717) is 12.1 Å². The van der Waals surface area contributed by atoms with Crippen molar-refractivity contribution in [3.63, 3.8) is 0 Å². The van der Waals surface area contributed by atoms with Crippen LogP contribution in [-0.2, 0) is 16.0 Å². The van der Waals surface area contributed by atoms with Crippen LogP contribution in [0.15, 0.2) is 76.8 Å². The highest BCUT2D eigenvalue weighted by atomic mass is 79.9. The van der Waals surface area contributed by atoms with Crippen LogP contribution in [0.2, 0.25) is 0 Å². The number of nitrogens with zero attached hydrogens (tertiary/aromatic N) is 1. The minimum atomic E-state index is -0.743. The fourth-order valence-electron chi connectivity index (χ4n) is 3.69. The number of amides is 4. The lowest BCUT2D eigenvalue weighted by Crippen LogP contribution is -2.54. The summed E-state index contributed by atoms with van der Waals surface area (Å²) in [4.78, 5) is 39.5. The number of anilines is 1. The average Bonchev–Trinajstić information content (AvgIpc) is 2.76. The van der Waals surface area contributed by atoms with Gasteiger partial charge in [0.2, 0.25) is 0 Å². The van der Waals surface area contributed by atoms with Gasteiger partial charge in [-0.25, -0.2) is 9.69 Å². The molecule has 0 saturated carbocycles. The molecule has 0 bridgehead atoms. The minimum Gasteiger partial charge on any atom is -0.273 e. The molecule has 0 radical (unpaired) electrons. The Morgan fingerprint density at radius 2 is 1.56 bits per heavy atom. The maximum Gasteiger partial charge on any atom is 0.335 e. The van der Waals surface area contributed by atoms with Gasteiger partial charge in [-0.2, -0.15) is 0 Å². The molecule has 1 N–H and O–H groups in total. The molecule has 0 aliphatic carbocycles. The molecule has 1 aliphatic heterocycles. The van der Waals surface area contributed by atoms with Crippen LogP contribution < -0.4 is 10.2 Å². The van der Waals surface area contributed by atoms with Crippen molar-refractivity contribution in [3.05, 3.63) is 105 Å². The van der Waals surface area contributed by atoms with E-state index in [4.69, 9.17) is 0 Å². The van der Waals surface area contributed by atoms with E-state index in [1.165, 1.54) is 0 Å². The fraction of sp³-hybridized carbons (Fsp3) is 0.115. The minimum absolute atomic E-state index is 0.0786. The molecule has 32 heavy (non-hydrogen) atoms. The summed E-state index contributed by atoms with van der Waals surface area (Å²) in [6, 6.07) is 20.2. The Hall–Kier alpha value is -3.51. The van der Waals surface area contributed by atoms with Gasteiger partial charge < -0.3 is 0 Å². The molecular formula is C26H21BrN2O3. The average molecular weight is 489 g/mol. The first-order chi connectivity index (χ1) is 15.4. The van der Waals surface area contributed by atoms with Gasteiger partial charge in [0.25, 0.3) is 11.8 Å². The number of urea groups is 1. The molecule has 4 amide bonds. The van der Waals surface area contributed by atoms with Crippen LogP contribution in [0, 0.1) is 13.8 Å². The van der Waals surface area contributed by atoms with Crippen molar-refractivity contribution in [2.24, 2.45) is 0 Å². The topological polar surface area (TPSA) is 66.5 Å². The third kappa shape index (κ3) is 4.14. The summed E-state index contributed by atoms with van der Waals surface area (Å²) >= 11 is 3.57. The van der Waals surface area contributed by atoms with E-state index in [0.717, 1.165) is 37.2 Å². The maximum absolute atomic E-state index is 13.3. The molecule has 3 aromatic rings. The number of aryl methyl sites for hydroxylation is 1. The number of carbonyl (C=O) groups is 3. The zero-order valence-corrected chi connectivity index (χ0v) is 19.3. The number of rotatable bonds is 4. The summed E-state index contributed by atoms with van der Waals surface area (Å²) in [5.41, 5.74) is 4.94. The van der Waals surface area contributed by atoms with Crippen LogP contribution in [-0.4, -0.2) is 17.8 Å². The van der Waals surface area contributed by atoms with Crippen LogP contribution in [0.25, 0.3) is 6.08 Å². The Balaban J connectivity index is 1.75. The van der Waals surface area contributed by atoms with Crippen LogP contribution in [0.4, 0.5) is 10.5 Å². The second-order valence-electron chi connectivity index (χ2n) is 7.64. The summed E-state index contributed by atoms with van der Waals surface area (Å²) < 4.78 is 0.987. The van der Waals surface area contributed by atoms with Crippen LogP contribution in [0.5, 0.6) is 0 Å². The normalized spacial score (nSPS) is 15.3. The molecule has 1 heterocycles. The molecule has 0 spiro atoms. The standard InChI is InChI=1S/C26H21BrN2O3/c1-16-8-7-13-23(17(16)2)29-25(31)21(24(30)28-26(29)32)15-19-10-4-3-9-18(19)14-20-11-5-6-12-22(20)27/h3-13,15H,14H2,1-2H3,(H,28,30,32)/b21-15+. The van der Waals surface area contributed by atoms with Gasteiger partial charge in [-0.3, -0.25) is 14.9 Å². The summed E-state index contributed by atoms with van der Waals surface area (Å²) in [6.45, 7) is 3.75. The highest BCUT2D eigenvalue weighted by molar-refractivity contribution is 9.10. The third-order valence-electron chi connectivity index (χ3n) is 5.61. The van der Waals surface area contributed by atoms with Gasteiger partial charge in [0.15, 0.2) is 0 Å². The van der Waals surface area contributed by atoms with Crippen molar-refractivity contribution < 1.29 is 14.4 Å². The molecular weight excluding hydrogens is 468 g/mol. The van der Waals surface area contributed by atoms with E-state index < -0.39 is 17.8 Å².